The van der Waals surface area contributed by atoms with Crippen molar-refractivity contribution in [3.05, 3.63) is 0 Å². The maximum atomic E-state index is 3.55. The van der Waals surface area contributed by atoms with Gasteiger partial charge in [0, 0.05) is 6.04 Å². The molecular formula is C15H29N. The van der Waals surface area contributed by atoms with Crippen LogP contribution in [0.25, 0.3) is 0 Å². The van der Waals surface area contributed by atoms with Crippen molar-refractivity contribution >= 4 is 0 Å². The van der Waals surface area contributed by atoms with Crippen molar-refractivity contribution in [2.45, 2.75) is 71.3 Å². The van der Waals surface area contributed by atoms with E-state index in [-0.39, 0.29) is 0 Å². The smallest absolute Gasteiger partial charge is 0.0115 e. The van der Waals surface area contributed by atoms with Crippen LogP contribution in [0.4, 0.5) is 0 Å². The van der Waals surface area contributed by atoms with Crippen LogP contribution < -0.4 is 5.32 Å². The molecular weight excluding hydrogens is 194 g/mol. The van der Waals surface area contributed by atoms with Crippen molar-refractivity contribution in [3.8, 4) is 0 Å². The molecule has 1 atom stereocenters. The maximum Gasteiger partial charge on any atom is 0.0115 e. The van der Waals surface area contributed by atoms with E-state index in [1.807, 2.05) is 0 Å². The molecule has 1 unspecified atom stereocenters. The van der Waals surface area contributed by atoms with Crippen LogP contribution in [-0.4, -0.2) is 13.1 Å². The first kappa shape index (κ1) is 12.4. The van der Waals surface area contributed by atoms with Crippen LogP contribution in [-0.2, 0) is 0 Å². The summed E-state index contributed by atoms with van der Waals surface area (Å²) in [6.07, 6.45) is 12.1. The van der Waals surface area contributed by atoms with Gasteiger partial charge in [-0.25, -0.2) is 0 Å². The predicted molar refractivity (Wildman–Crippen MR) is 70.5 cm³/mol. The van der Waals surface area contributed by atoms with E-state index in [0.29, 0.717) is 0 Å². The number of rotatable bonds is 3. The molecule has 1 heteroatoms. The molecule has 0 aromatic carbocycles. The lowest BCUT2D eigenvalue weighted by Gasteiger charge is -2.41. The molecule has 0 heterocycles. The van der Waals surface area contributed by atoms with E-state index in [0.717, 1.165) is 23.3 Å². The van der Waals surface area contributed by atoms with Gasteiger partial charge in [-0.05, 0) is 62.8 Å². The fourth-order valence-corrected chi connectivity index (χ4v) is 4.35. The second-order valence-electron chi connectivity index (χ2n) is 6.60. The molecule has 2 fully saturated rings. The first-order chi connectivity index (χ1) is 7.67. The third kappa shape index (κ3) is 2.45. The Balaban J connectivity index is 1.88. The molecule has 1 nitrogen and oxygen atoms in total. The molecule has 0 saturated heterocycles. The van der Waals surface area contributed by atoms with Crippen LogP contribution >= 0.6 is 0 Å². The topological polar surface area (TPSA) is 12.0 Å². The summed E-state index contributed by atoms with van der Waals surface area (Å²) in [5, 5.41) is 3.55. The molecule has 2 rings (SSSR count). The lowest BCUT2D eigenvalue weighted by Crippen LogP contribution is -2.41. The quantitative estimate of drug-likeness (QED) is 0.763. The summed E-state index contributed by atoms with van der Waals surface area (Å²) in [6, 6.07) is 0.749. The van der Waals surface area contributed by atoms with Crippen LogP contribution in [0.5, 0.6) is 0 Å². The van der Waals surface area contributed by atoms with E-state index in [1.54, 1.807) is 0 Å². The molecule has 0 aromatic heterocycles. The Morgan fingerprint density at radius 3 is 2.00 bits per heavy atom. The van der Waals surface area contributed by atoms with Gasteiger partial charge >= 0.3 is 0 Å². The number of nitrogens with one attached hydrogen (secondary N) is 1. The molecule has 0 bridgehead atoms. The zero-order valence-electron chi connectivity index (χ0n) is 11.4. The molecule has 1 N–H and O–H groups in total. The Bertz CT molecular complexity index is 205. The lowest BCUT2D eigenvalue weighted by molar-refractivity contribution is 0.122. The minimum absolute atomic E-state index is 0.749. The van der Waals surface area contributed by atoms with Crippen LogP contribution in [0.2, 0.25) is 0 Å². The lowest BCUT2D eigenvalue weighted by atomic mass is 9.67. The number of hydrogen-bond acceptors (Lipinski definition) is 1. The molecule has 94 valence electrons. The second kappa shape index (κ2) is 5.08. The van der Waals surface area contributed by atoms with Gasteiger partial charge in [-0.3, -0.25) is 0 Å². The molecule has 2 saturated carbocycles. The Kier molecular flexibility index (Phi) is 3.94. The largest absolute Gasteiger partial charge is 0.316 e. The minimum atomic E-state index is 0.749. The first-order valence-electron chi connectivity index (χ1n) is 7.34. The monoisotopic (exact) mass is 223 g/mol. The van der Waals surface area contributed by atoms with Gasteiger partial charge in [0.05, 0.1) is 0 Å². The van der Waals surface area contributed by atoms with Crippen molar-refractivity contribution in [2.24, 2.45) is 17.3 Å². The average molecular weight is 223 g/mol. The fourth-order valence-electron chi connectivity index (χ4n) is 4.35. The van der Waals surface area contributed by atoms with E-state index in [2.05, 4.69) is 26.2 Å². The van der Waals surface area contributed by atoms with Crippen molar-refractivity contribution in [2.75, 3.05) is 7.05 Å². The molecule has 16 heavy (non-hydrogen) atoms. The van der Waals surface area contributed by atoms with Gasteiger partial charge in [-0.2, -0.15) is 0 Å². The van der Waals surface area contributed by atoms with Crippen molar-refractivity contribution in [3.63, 3.8) is 0 Å². The van der Waals surface area contributed by atoms with Crippen molar-refractivity contribution < 1.29 is 0 Å². The SMILES string of the molecule is CNC(C(C)C)C1CCC2(CCCC2)CC1. The van der Waals surface area contributed by atoms with Gasteiger partial charge < -0.3 is 5.32 Å². The van der Waals surface area contributed by atoms with Gasteiger partial charge in [-0.15, -0.1) is 0 Å². The van der Waals surface area contributed by atoms with Gasteiger partial charge in [0.15, 0.2) is 0 Å². The second-order valence-corrected chi connectivity index (χ2v) is 6.60. The van der Waals surface area contributed by atoms with E-state index >= 15 is 0 Å². The summed E-state index contributed by atoms with van der Waals surface area (Å²) in [4.78, 5) is 0. The Morgan fingerprint density at radius 1 is 1.00 bits per heavy atom. The van der Waals surface area contributed by atoms with Crippen molar-refractivity contribution in [1.82, 2.24) is 5.32 Å². The van der Waals surface area contributed by atoms with Gasteiger partial charge in [-0.1, -0.05) is 26.7 Å². The molecule has 2 aliphatic rings. The van der Waals surface area contributed by atoms with Gasteiger partial charge in [0.2, 0.25) is 0 Å². The highest BCUT2D eigenvalue weighted by Gasteiger charge is 2.39. The predicted octanol–water partition coefficient (Wildman–Crippen LogP) is 3.98. The van der Waals surface area contributed by atoms with E-state index < -0.39 is 0 Å². The highest BCUT2D eigenvalue weighted by Crippen LogP contribution is 2.50. The van der Waals surface area contributed by atoms with E-state index in [9.17, 15) is 0 Å². The van der Waals surface area contributed by atoms with E-state index in [1.165, 1.54) is 51.4 Å². The fraction of sp³-hybridized carbons (Fsp3) is 1.00. The first-order valence-corrected chi connectivity index (χ1v) is 7.34. The molecule has 0 aromatic rings. The summed E-state index contributed by atoms with van der Waals surface area (Å²) >= 11 is 0. The molecule has 0 radical (unpaired) electrons. The van der Waals surface area contributed by atoms with E-state index in [4.69, 9.17) is 0 Å². The Hall–Kier alpha value is -0.0400. The summed E-state index contributed by atoms with van der Waals surface area (Å²) in [6.45, 7) is 4.72. The Labute approximate surface area is 101 Å². The van der Waals surface area contributed by atoms with Crippen molar-refractivity contribution in [1.29, 1.82) is 0 Å². The van der Waals surface area contributed by atoms with Crippen LogP contribution in [0.15, 0.2) is 0 Å². The zero-order chi connectivity index (χ0) is 11.6. The third-order valence-corrected chi connectivity index (χ3v) is 5.31. The maximum absolute atomic E-state index is 3.55. The highest BCUT2D eigenvalue weighted by molar-refractivity contribution is 4.92. The summed E-state index contributed by atoms with van der Waals surface area (Å²) in [7, 11) is 2.14. The number of hydrogen-bond donors (Lipinski definition) is 1. The normalized spacial score (nSPS) is 27.8. The van der Waals surface area contributed by atoms with Crippen LogP contribution in [0.1, 0.15) is 65.2 Å². The molecule has 0 aliphatic heterocycles. The van der Waals surface area contributed by atoms with Crippen LogP contribution in [0, 0.1) is 17.3 Å². The van der Waals surface area contributed by atoms with Crippen LogP contribution in [0.3, 0.4) is 0 Å². The standard InChI is InChI=1S/C15H29N/c1-12(2)14(16-3)13-6-10-15(11-7-13)8-4-5-9-15/h12-14,16H,4-11H2,1-3H3. The summed E-state index contributed by atoms with van der Waals surface area (Å²) in [5.41, 5.74) is 0.797. The summed E-state index contributed by atoms with van der Waals surface area (Å²) in [5.74, 6) is 1.73. The average Bonchev–Trinajstić information content (AvgIpc) is 2.70. The zero-order valence-corrected chi connectivity index (χ0v) is 11.4. The molecule has 1 spiro atoms. The summed E-state index contributed by atoms with van der Waals surface area (Å²) < 4.78 is 0. The van der Waals surface area contributed by atoms with Gasteiger partial charge in [0.25, 0.3) is 0 Å². The third-order valence-electron chi connectivity index (χ3n) is 5.31. The molecule has 0 amide bonds. The van der Waals surface area contributed by atoms with Gasteiger partial charge in [0.1, 0.15) is 0 Å². The highest BCUT2D eigenvalue weighted by atomic mass is 14.9. The Morgan fingerprint density at radius 2 is 1.56 bits per heavy atom. The minimum Gasteiger partial charge on any atom is -0.316 e. The molecule has 2 aliphatic carbocycles.